The molecule has 0 aromatic heterocycles. The Morgan fingerprint density at radius 3 is 2.41 bits per heavy atom. The van der Waals surface area contributed by atoms with Crippen molar-refractivity contribution in [3.63, 3.8) is 0 Å². The second-order valence-electron chi connectivity index (χ2n) is 10.7. The van der Waals surface area contributed by atoms with Crippen LogP contribution in [0.1, 0.15) is 103 Å². The largest absolute Gasteiger partial charge is 0.488 e. The zero-order chi connectivity index (χ0) is 24.3. The monoisotopic (exact) mass is 476 g/mol. The van der Waals surface area contributed by atoms with Gasteiger partial charge in [-0.1, -0.05) is 59.0 Å². The van der Waals surface area contributed by atoms with Crippen LogP contribution in [0.4, 0.5) is 8.78 Å². The summed E-state index contributed by atoms with van der Waals surface area (Å²) in [7, 11) is 0. The molecule has 0 amide bonds. The van der Waals surface area contributed by atoms with Gasteiger partial charge in [-0.05, 0) is 86.3 Å². The van der Waals surface area contributed by atoms with Gasteiger partial charge in [-0.25, -0.2) is 4.39 Å². The SMILES string of the molecule is CCCC1CCC(C2CC=C(c3ccc(OCCOCCCC(C)CC)c(F)c3F)CC2)CC1. The van der Waals surface area contributed by atoms with E-state index in [0.717, 1.165) is 49.5 Å². The van der Waals surface area contributed by atoms with E-state index in [-0.39, 0.29) is 12.4 Å². The van der Waals surface area contributed by atoms with E-state index in [2.05, 4.69) is 26.8 Å². The third kappa shape index (κ3) is 7.80. The van der Waals surface area contributed by atoms with Crippen molar-refractivity contribution in [3.05, 3.63) is 35.4 Å². The molecule has 1 saturated carbocycles. The smallest absolute Gasteiger partial charge is 0.201 e. The van der Waals surface area contributed by atoms with E-state index < -0.39 is 11.6 Å². The Bertz CT molecular complexity index is 767. The van der Waals surface area contributed by atoms with Crippen LogP contribution < -0.4 is 4.74 Å². The van der Waals surface area contributed by atoms with E-state index in [9.17, 15) is 8.78 Å². The average Bonchev–Trinajstić information content (AvgIpc) is 2.86. The highest BCUT2D eigenvalue weighted by Crippen LogP contribution is 2.42. The van der Waals surface area contributed by atoms with Gasteiger partial charge in [0.05, 0.1) is 6.61 Å². The fourth-order valence-corrected chi connectivity index (χ4v) is 5.83. The van der Waals surface area contributed by atoms with Gasteiger partial charge in [0.1, 0.15) is 6.61 Å². The molecule has 2 unspecified atom stereocenters. The highest BCUT2D eigenvalue weighted by atomic mass is 19.2. The summed E-state index contributed by atoms with van der Waals surface area (Å²) in [4.78, 5) is 0. The standard InChI is InChI=1S/C30H46F2O2/c1-4-7-23-9-11-24(12-10-23)25-13-15-26(16-14-25)27-17-18-28(30(32)29(27)31)34-21-20-33-19-6-8-22(3)5-2/h15,17-18,22-25H,4-14,16,19-21H2,1-3H3. The van der Waals surface area contributed by atoms with Gasteiger partial charge < -0.3 is 9.47 Å². The highest BCUT2D eigenvalue weighted by Gasteiger charge is 2.29. The predicted octanol–water partition coefficient (Wildman–Crippen LogP) is 8.98. The van der Waals surface area contributed by atoms with Crippen molar-refractivity contribution in [3.8, 4) is 5.75 Å². The van der Waals surface area contributed by atoms with Crippen molar-refractivity contribution in [1.29, 1.82) is 0 Å². The fraction of sp³-hybridized carbons (Fsp3) is 0.733. The minimum absolute atomic E-state index is 0.0254. The highest BCUT2D eigenvalue weighted by molar-refractivity contribution is 5.67. The molecule has 0 bridgehead atoms. The molecule has 192 valence electrons. The number of allylic oxidation sites excluding steroid dienone is 2. The van der Waals surface area contributed by atoms with Gasteiger partial charge in [-0.15, -0.1) is 0 Å². The van der Waals surface area contributed by atoms with Gasteiger partial charge in [-0.2, -0.15) is 4.39 Å². The minimum atomic E-state index is -0.883. The van der Waals surface area contributed by atoms with Crippen molar-refractivity contribution in [2.24, 2.45) is 23.7 Å². The first-order chi connectivity index (χ1) is 16.5. The molecule has 1 fully saturated rings. The van der Waals surface area contributed by atoms with E-state index in [0.29, 0.717) is 30.6 Å². The maximum atomic E-state index is 14.9. The Kier molecular flexibility index (Phi) is 11.4. The molecule has 0 aliphatic heterocycles. The Balaban J connectivity index is 1.44. The first-order valence-corrected chi connectivity index (χ1v) is 13.9. The van der Waals surface area contributed by atoms with Crippen LogP contribution >= 0.6 is 0 Å². The molecule has 1 aromatic carbocycles. The lowest BCUT2D eigenvalue weighted by Crippen LogP contribution is -2.23. The maximum Gasteiger partial charge on any atom is 0.201 e. The second kappa shape index (κ2) is 14.2. The topological polar surface area (TPSA) is 18.5 Å². The summed E-state index contributed by atoms with van der Waals surface area (Å²) < 4.78 is 40.6. The Morgan fingerprint density at radius 2 is 1.74 bits per heavy atom. The lowest BCUT2D eigenvalue weighted by molar-refractivity contribution is 0.0937. The van der Waals surface area contributed by atoms with Gasteiger partial charge in [0.25, 0.3) is 0 Å². The molecule has 4 heteroatoms. The van der Waals surface area contributed by atoms with E-state index in [1.165, 1.54) is 44.9 Å². The second-order valence-corrected chi connectivity index (χ2v) is 10.7. The normalized spacial score (nSPS) is 24.0. The molecule has 2 aliphatic carbocycles. The van der Waals surface area contributed by atoms with Crippen molar-refractivity contribution in [2.75, 3.05) is 19.8 Å². The molecule has 0 radical (unpaired) electrons. The summed E-state index contributed by atoms with van der Waals surface area (Å²) in [5.74, 6) is 1.46. The molecule has 2 aliphatic rings. The van der Waals surface area contributed by atoms with Crippen LogP contribution in [0.5, 0.6) is 5.75 Å². The average molecular weight is 477 g/mol. The number of hydrogen-bond acceptors (Lipinski definition) is 2. The van der Waals surface area contributed by atoms with Gasteiger partial charge in [0, 0.05) is 12.2 Å². The van der Waals surface area contributed by atoms with Gasteiger partial charge >= 0.3 is 0 Å². The van der Waals surface area contributed by atoms with E-state index in [1.807, 2.05) is 0 Å². The summed E-state index contributed by atoms with van der Waals surface area (Å²) in [6.45, 7) is 8.01. The van der Waals surface area contributed by atoms with Crippen LogP contribution in [0.15, 0.2) is 18.2 Å². The molecule has 0 heterocycles. The van der Waals surface area contributed by atoms with Gasteiger partial charge in [0.2, 0.25) is 5.82 Å². The Morgan fingerprint density at radius 1 is 0.941 bits per heavy atom. The van der Waals surface area contributed by atoms with Gasteiger partial charge in [-0.3, -0.25) is 0 Å². The molecular weight excluding hydrogens is 430 g/mol. The molecule has 1 aromatic rings. The van der Waals surface area contributed by atoms with Gasteiger partial charge in [0.15, 0.2) is 11.6 Å². The summed E-state index contributed by atoms with van der Waals surface area (Å²) in [6.07, 6.45) is 16.5. The van der Waals surface area contributed by atoms with E-state index >= 15 is 0 Å². The first kappa shape index (κ1) is 27.2. The molecule has 0 saturated heterocycles. The maximum absolute atomic E-state index is 14.9. The van der Waals surface area contributed by atoms with E-state index in [4.69, 9.17) is 9.47 Å². The summed E-state index contributed by atoms with van der Waals surface area (Å²) in [5.41, 5.74) is 1.35. The van der Waals surface area contributed by atoms with Crippen LogP contribution in [-0.2, 0) is 4.74 Å². The quantitative estimate of drug-likeness (QED) is 0.264. The first-order valence-electron chi connectivity index (χ1n) is 13.9. The molecule has 2 atom stereocenters. The third-order valence-corrected chi connectivity index (χ3v) is 8.27. The van der Waals surface area contributed by atoms with Crippen LogP contribution in [0.3, 0.4) is 0 Å². The van der Waals surface area contributed by atoms with Crippen LogP contribution in [0.25, 0.3) is 5.57 Å². The number of hydrogen-bond donors (Lipinski definition) is 0. The van der Waals surface area contributed by atoms with Crippen LogP contribution in [0, 0.1) is 35.3 Å². The molecule has 0 spiro atoms. The number of benzene rings is 1. The molecule has 34 heavy (non-hydrogen) atoms. The predicted molar refractivity (Wildman–Crippen MR) is 137 cm³/mol. The third-order valence-electron chi connectivity index (χ3n) is 8.27. The molecule has 3 rings (SSSR count). The minimum Gasteiger partial charge on any atom is -0.488 e. The van der Waals surface area contributed by atoms with Crippen molar-refractivity contribution in [1.82, 2.24) is 0 Å². The summed E-state index contributed by atoms with van der Waals surface area (Å²) in [6, 6.07) is 3.25. The van der Waals surface area contributed by atoms with Crippen LogP contribution in [-0.4, -0.2) is 19.8 Å². The molecule has 0 N–H and O–H groups in total. The zero-order valence-corrected chi connectivity index (χ0v) is 21.7. The summed E-state index contributed by atoms with van der Waals surface area (Å²) in [5, 5.41) is 0. The van der Waals surface area contributed by atoms with E-state index in [1.54, 1.807) is 12.1 Å². The Labute approximate surface area is 206 Å². The number of halogens is 2. The van der Waals surface area contributed by atoms with Crippen molar-refractivity contribution < 1.29 is 18.3 Å². The summed E-state index contributed by atoms with van der Waals surface area (Å²) >= 11 is 0. The lowest BCUT2D eigenvalue weighted by Gasteiger charge is -2.35. The zero-order valence-electron chi connectivity index (χ0n) is 21.7. The molecular formula is C30H46F2O2. The number of rotatable bonds is 13. The fourth-order valence-electron chi connectivity index (χ4n) is 5.83. The van der Waals surface area contributed by atoms with Crippen molar-refractivity contribution in [2.45, 2.75) is 97.8 Å². The lowest BCUT2D eigenvalue weighted by atomic mass is 9.70. The Hall–Kier alpha value is -1.42. The van der Waals surface area contributed by atoms with Crippen LogP contribution in [0.2, 0.25) is 0 Å². The molecule has 2 nitrogen and oxygen atoms in total. The number of ether oxygens (including phenoxy) is 2. The van der Waals surface area contributed by atoms with Crippen molar-refractivity contribution >= 4 is 5.57 Å².